The van der Waals surface area contributed by atoms with Gasteiger partial charge in [0.15, 0.2) is 0 Å². The molecule has 4 aromatic rings. The van der Waals surface area contributed by atoms with Crippen LogP contribution in [0.15, 0.2) is 42.6 Å². The molecule has 5 rings (SSSR count). The monoisotopic (exact) mass is 416 g/mol. The predicted octanol–water partition coefficient (Wildman–Crippen LogP) is 2.74. The van der Waals surface area contributed by atoms with Gasteiger partial charge in [-0.3, -0.25) is 4.79 Å². The molecule has 0 bridgehead atoms. The largest absolute Gasteiger partial charge is 0.336 e. The maximum Gasteiger partial charge on any atom is 0.253 e. The van der Waals surface area contributed by atoms with E-state index >= 15 is 0 Å². The molecule has 9 heteroatoms. The lowest BCUT2D eigenvalue weighted by molar-refractivity contribution is 0.0736. The van der Waals surface area contributed by atoms with Crippen LogP contribution in [0, 0.1) is 0 Å². The van der Waals surface area contributed by atoms with Crippen LogP contribution in [0.4, 0.5) is 11.6 Å². The van der Waals surface area contributed by atoms with E-state index in [0.29, 0.717) is 11.5 Å². The Balaban J connectivity index is 1.42. The van der Waals surface area contributed by atoms with Gasteiger partial charge < -0.3 is 15.5 Å². The normalized spacial score (nSPS) is 14.5. The zero-order valence-electron chi connectivity index (χ0n) is 17.5. The SMILES string of the molecule is CC(C)n1nnc2ccc3cnc(Nc4ccc(C(=O)N5CCNCC5)cc4)nc3c21. The average Bonchev–Trinajstić information content (AvgIpc) is 3.25. The van der Waals surface area contributed by atoms with E-state index in [1.807, 2.05) is 46.0 Å². The third-order valence-electron chi connectivity index (χ3n) is 5.46. The fourth-order valence-electron chi connectivity index (χ4n) is 3.82. The van der Waals surface area contributed by atoms with E-state index in [4.69, 9.17) is 4.98 Å². The van der Waals surface area contributed by atoms with Crippen molar-refractivity contribution in [2.75, 3.05) is 31.5 Å². The highest BCUT2D eigenvalue weighted by Gasteiger charge is 2.18. The first-order chi connectivity index (χ1) is 15.1. The number of nitrogens with one attached hydrogen (secondary N) is 2. The zero-order valence-corrected chi connectivity index (χ0v) is 17.5. The Morgan fingerprint density at radius 2 is 1.87 bits per heavy atom. The van der Waals surface area contributed by atoms with Gasteiger partial charge in [0, 0.05) is 55.1 Å². The minimum atomic E-state index is 0.0619. The third-order valence-corrected chi connectivity index (χ3v) is 5.46. The number of carbonyl (C=O) groups is 1. The number of benzene rings is 2. The first kappa shape index (κ1) is 19.4. The second-order valence-corrected chi connectivity index (χ2v) is 7.94. The van der Waals surface area contributed by atoms with Gasteiger partial charge in [0.2, 0.25) is 5.95 Å². The second-order valence-electron chi connectivity index (χ2n) is 7.94. The molecule has 1 amide bonds. The van der Waals surface area contributed by atoms with E-state index in [2.05, 4.69) is 39.8 Å². The summed E-state index contributed by atoms with van der Waals surface area (Å²) in [4.78, 5) is 23.7. The molecule has 3 heterocycles. The number of piperazine rings is 1. The first-order valence-corrected chi connectivity index (χ1v) is 10.5. The summed E-state index contributed by atoms with van der Waals surface area (Å²) in [5.41, 5.74) is 4.01. The highest BCUT2D eigenvalue weighted by atomic mass is 16.2. The van der Waals surface area contributed by atoms with Crippen molar-refractivity contribution in [3.8, 4) is 0 Å². The summed E-state index contributed by atoms with van der Waals surface area (Å²) in [5.74, 6) is 0.546. The van der Waals surface area contributed by atoms with Crippen molar-refractivity contribution in [1.82, 2.24) is 35.2 Å². The lowest BCUT2D eigenvalue weighted by atomic mass is 10.1. The van der Waals surface area contributed by atoms with Crippen LogP contribution in [0.3, 0.4) is 0 Å². The number of nitrogens with zero attached hydrogens (tertiary/aromatic N) is 6. The fraction of sp³-hybridized carbons (Fsp3) is 0.318. The van der Waals surface area contributed by atoms with Gasteiger partial charge in [-0.25, -0.2) is 14.6 Å². The molecule has 31 heavy (non-hydrogen) atoms. The lowest BCUT2D eigenvalue weighted by Crippen LogP contribution is -2.46. The Morgan fingerprint density at radius 3 is 2.61 bits per heavy atom. The van der Waals surface area contributed by atoms with Crippen LogP contribution < -0.4 is 10.6 Å². The summed E-state index contributed by atoms with van der Waals surface area (Å²) < 4.78 is 1.88. The number of fused-ring (bicyclic) bond motifs is 3. The van der Waals surface area contributed by atoms with E-state index in [1.165, 1.54) is 0 Å². The standard InChI is InChI=1S/C22H24N8O/c1-14(2)30-20-18(27-28-30)8-5-16-13-24-22(26-19(16)20)25-17-6-3-15(4-7-17)21(31)29-11-9-23-10-12-29/h3-8,13-14,23H,9-12H2,1-2H3,(H,24,25,26). The van der Waals surface area contributed by atoms with Crippen molar-refractivity contribution in [2.45, 2.75) is 19.9 Å². The molecular weight excluding hydrogens is 392 g/mol. The zero-order chi connectivity index (χ0) is 21.4. The number of rotatable bonds is 4. The molecule has 1 saturated heterocycles. The van der Waals surface area contributed by atoms with Crippen LogP contribution in [0.5, 0.6) is 0 Å². The van der Waals surface area contributed by atoms with Crippen molar-refractivity contribution >= 4 is 39.5 Å². The molecule has 1 aliphatic rings. The van der Waals surface area contributed by atoms with E-state index in [-0.39, 0.29) is 11.9 Å². The molecule has 0 unspecified atom stereocenters. The minimum Gasteiger partial charge on any atom is -0.336 e. The molecule has 158 valence electrons. The van der Waals surface area contributed by atoms with E-state index in [0.717, 1.165) is 53.8 Å². The third kappa shape index (κ3) is 3.68. The summed E-state index contributed by atoms with van der Waals surface area (Å²) in [7, 11) is 0. The highest BCUT2D eigenvalue weighted by Crippen LogP contribution is 2.25. The van der Waals surface area contributed by atoms with Crippen LogP contribution in [0.2, 0.25) is 0 Å². The van der Waals surface area contributed by atoms with Gasteiger partial charge in [0.25, 0.3) is 5.91 Å². The molecule has 0 radical (unpaired) electrons. The number of carbonyl (C=O) groups excluding carboxylic acids is 1. The summed E-state index contributed by atoms with van der Waals surface area (Å²) in [6, 6.07) is 11.5. The summed E-state index contributed by atoms with van der Waals surface area (Å²) in [6.07, 6.45) is 1.80. The topological polar surface area (TPSA) is 101 Å². The Labute approximate surface area is 179 Å². The minimum absolute atomic E-state index is 0.0619. The molecule has 2 aromatic heterocycles. The van der Waals surface area contributed by atoms with Gasteiger partial charge >= 0.3 is 0 Å². The van der Waals surface area contributed by atoms with Crippen molar-refractivity contribution < 1.29 is 4.79 Å². The number of anilines is 2. The first-order valence-electron chi connectivity index (χ1n) is 10.5. The summed E-state index contributed by atoms with van der Waals surface area (Å²) in [6.45, 7) is 7.28. The molecule has 1 aliphatic heterocycles. The molecule has 0 spiro atoms. The maximum atomic E-state index is 12.6. The summed E-state index contributed by atoms with van der Waals surface area (Å²) >= 11 is 0. The van der Waals surface area contributed by atoms with Crippen molar-refractivity contribution in [2.24, 2.45) is 0 Å². The Bertz CT molecular complexity index is 1240. The maximum absolute atomic E-state index is 12.6. The van der Waals surface area contributed by atoms with Crippen molar-refractivity contribution in [1.29, 1.82) is 0 Å². The fourth-order valence-corrected chi connectivity index (χ4v) is 3.82. The van der Waals surface area contributed by atoms with E-state index < -0.39 is 0 Å². The quantitative estimate of drug-likeness (QED) is 0.527. The van der Waals surface area contributed by atoms with Gasteiger partial charge in [0.05, 0.1) is 0 Å². The molecule has 9 nitrogen and oxygen atoms in total. The molecule has 0 aliphatic carbocycles. The molecule has 0 atom stereocenters. The van der Waals surface area contributed by atoms with Gasteiger partial charge in [0.1, 0.15) is 16.6 Å². The Kier molecular flexibility index (Phi) is 4.95. The number of hydrogen-bond acceptors (Lipinski definition) is 7. The van der Waals surface area contributed by atoms with Crippen LogP contribution in [-0.4, -0.2) is 61.9 Å². The van der Waals surface area contributed by atoms with Crippen molar-refractivity contribution in [3.05, 3.63) is 48.2 Å². The average molecular weight is 416 g/mol. The Hall–Kier alpha value is -3.59. The molecule has 0 saturated carbocycles. The van der Waals surface area contributed by atoms with Gasteiger partial charge in [-0.15, -0.1) is 5.10 Å². The second kappa shape index (κ2) is 7.92. The van der Waals surface area contributed by atoms with E-state index in [9.17, 15) is 4.79 Å². The molecule has 1 fully saturated rings. The number of aromatic nitrogens is 5. The molecule has 2 N–H and O–H groups in total. The predicted molar refractivity (Wildman–Crippen MR) is 120 cm³/mol. The summed E-state index contributed by atoms with van der Waals surface area (Å²) in [5, 5.41) is 16.0. The van der Waals surface area contributed by atoms with Crippen LogP contribution in [0.1, 0.15) is 30.2 Å². The Morgan fingerprint density at radius 1 is 1.10 bits per heavy atom. The lowest BCUT2D eigenvalue weighted by Gasteiger charge is -2.27. The van der Waals surface area contributed by atoms with Crippen LogP contribution >= 0.6 is 0 Å². The van der Waals surface area contributed by atoms with Gasteiger partial charge in [-0.05, 0) is 50.2 Å². The van der Waals surface area contributed by atoms with Crippen LogP contribution in [0.25, 0.3) is 21.9 Å². The molecule has 2 aromatic carbocycles. The number of amides is 1. The van der Waals surface area contributed by atoms with E-state index in [1.54, 1.807) is 6.20 Å². The van der Waals surface area contributed by atoms with Gasteiger partial charge in [-0.2, -0.15) is 0 Å². The van der Waals surface area contributed by atoms with Crippen molar-refractivity contribution in [3.63, 3.8) is 0 Å². The van der Waals surface area contributed by atoms with Crippen LogP contribution in [-0.2, 0) is 0 Å². The highest BCUT2D eigenvalue weighted by molar-refractivity contribution is 6.01. The number of hydrogen-bond donors (Lipinski definition) is 2. The van der Waals surface area contributed by atoms with Gasteiger partial charge in [-0.1, -0.05) is 5.21 Å². The molecular formula is C22H24N8O. The smallest absolute Gasteiger partial charge is 0.253 e.